The third kappa shape index (κ3) is 6.69. The fraction of sp³-hybridized carbons (Fsp3) is 0.368. The van der Waals surface area contributed by atoms with Crippen LogP contribution in [0.1, 0.15) is 31.4 Å². The van der Waals surface area contributed by atoms with E-state index in [1.165, 1.54) is 0 Å². The molecule has 0 radical (unpaired) electrons. The number of aromatic nitrogens is 1. The van der Waals surface area contributed by atoms with Crippen molar-refractivity contribution < 1.29 is 4.74 Å². The molecular formula is C19H26N4O. The Balaban J connectivity index is 1.83. The lowest BCUT2D eigenvalue weighted by Crippen LogP contribution is -2.32. The van der Waals surface area contributed by atoms with Gasteiger partial charge in [-0.1, -0.05) is 44.2 Å². The highest BCUT2D eigenvalue weighted by atomic mass is 16.5. The fourth-order valence-corrected chi connectivity index (χ4v) is 2.08. The summed E-state index contributed by atoms with van der Waals surface area (Å²) in [6, 6.07) is 13.8. The zero-order chi connectivity index (χ0) is 17.2. The standard InChI is InChI=1S/C19H26N4O/c1-15(2)8-10-22-19(20)23-13-17-9-11-21-18(12-17)24-14-16-6-4-3-5-7-16/h3-7,9,11-12,15H,8,10,13-14H2,1-2H3,(H3,20,22,23). The summed E-state index contributed by atoms with van der Waals surface area (Å²) < 4.78 is 5.72. The van der Waals surface area contributed by atoms with E-state index in [2.05, 4.69) is 29.1 Å². The number of guanidine groups is 1. The normalized spacial score (nSPS) is 11.5. The van der Waals surface area contributed by atoms with Crippen LogP contribution >= 0.6 is 0 Å². The van der Waals surface area contributed by atoms with E-state index in [1.54, 1.807) is 6.20 Å². The van der Waals surface area contributed by atoms with Crippen LogP contribution in [-0.2, 0) is 13.2 Å². The molecule has 0 atom stereocenters. The summed E-state index contributed by atoms with van der Waals surface area (Å²) in [5, 5.41) is 3.13. The second-order valence-electron chi connectivity index (χ2n) is 6.09. The maximum atomic E-state index is 5.87. The molecule has 0 saturated heterocycles. The Labute approximate surface area is 144 Å². The minimum Gasteiger partial charge on any atom is -0.473 e. The summed E-state index contributed by atoms with van der Waals surface area (Å²) in [7, 11) is 0. The van der Waals surface area contributed by atoms with Gasteiger partial charge in [0, 0.05) is 18.8 Å². The van der Waals surface area contributed by atoms with Gasteiger partial charge in [-0.25, -0.2) is 9.98 Å². The molecule has 128 valence electrons. The van der Waals surface area contributed by atoms with Gasteiger partial charge in [-0.3, -0.25) is 0 Å². The SMILES string of the molecule is CC(C)CCNC(N)=NCc1ccnc(OCc2ccccc2)c1. The second kappa shape index (κ2) is 9.55. The van der Waals surface area contributed by atoms with Crippen LogP contribution in [0.15, 0.2) is 53.7 Å². The smallest absolute Gasteiger partial charge is 0.213 e. The van der Waals surface area contributed by atoms with Crippen molar-refractivity contribution in [2.75, 3.05) is 6.54 Å². The maximum absolute atomic E-state index is 5.87. The molecule has 0 aliphatic carbocycles. The lowest BCUT2D eigenvalue weighted by Gasteiger charge is -2.08. The van der Waals surface area contributed by atoms with Gasteiger partial charge in [0.1, 0.15) is 6.61 Å². The first-order valence-corrected chi connectivity index (χ1v) is 8.29. The van der Waals surface area contributed by atoms with Crippen molar-refractivity contribution in [2.24, 2.45) is 16.6 Å². The van der Waals surface area contributed by atoms with Crippen molar-refractivity contribution in [2.45, 2.75) is 33.4 Å². The first-order chi connectivity index (χ1) is 11.6. The predicted octanol–water partition coefficient (Wildman–Crippen LogP) is 3.11. The average Bonchev–Trinajstić information content (AvgIpc) is 2.59. The number of aliphatic imine (C=N–C) groups is 1. The lowest BCUT2D eigenvalue weighted by atomic mass is 10.1. The Hall–Kier alpha value is -2.56. The molecule has 2 rings (SSSR count). The zero-order valence-corrected chi connectivity index (χ0v) is 14.4. The van der Waals surface area contributed by atoms with Gasteiger partial charge < -0.3 is 15.8 Å². The fourth-order valence-electron chi connectivity index (χ4n) is 2.08. The van der Waals surface area contributed by atoms with E-state index in [9.17, 15) is 0 Å². The maximum Gasteiger partial charge on any atom is 0.213 e. The number of nitrogens with two attached hydrogens (primary N) is 1. The molecular weight excluding hydrogens is 300 g/mol. The van der Waals surface area contributed by atoms with E-state index in [0.29, 0.717) is 30.9 Å². The number of pyridine rings is 1. The van der Waals surface area contributed by atoms with E-state index in [-0.39, 0.29) is 0 Å². The van der Waals surface area contributed by atoms with Crippen molar-refractivity contribution >= 4 is 5.96 Å². The Morgan fingerprint density at radius 3 is 2.75 bits per heavy atom. The molecule has 0 aliphatic rings. The highest BCUT2D eigenvalue weighted by molar-refractivity contribution is 5.77. The minimum atomic E-state index is 0.471. The van der Waals surface area contributed by atoms with E-state index in [4.69, 9.17) is 10.5 Å². The predicted molar refractivity (Wildman–Crippen MR) is 97.8 cm³/mol. The highest BCUT2D eigenvalue weighted by Gasteiger charge is 2.00. The third-order valence-electron chi connectivity index (χ3n) is 3.49. The quantitative estimate of drug-likeness (QED) is 0.577. The van der Waals surface area contributed by atoms with Gasteiger partial charge in [-0.2, -0.15) is 0 Å². The van der Waals surface area contributed by atoms with Gasteiger partial charge in [0.05, 0.1) is 6.54 Å². The number of benzene rings is 1. The molecule has 0 bridgehead atoms. The van der Waals surface area contributed by atoms with Crippen molar-refractivity contribution in [1.82, 2.24) is 10.3 Å². The summed E-state index contributed by atoms with van der Waals surface area (Å²) in [5.74, 6) is 1.71. The number of rotatable bonds is 8. The van der Waals surface area contributed by atoms with Crippen molar-refractivity contribution in [3.05, 3.63) is 59.8 Å². The molecule has 1 heterocycles. The van der Waals surface area contributed by atoms with E-state index in [1.807, 2.05) is 42.5 Å². The van der Waals surface area contributed by atoms with Crippen LogP contribution in [-0.4, -0.2) is 17.5 Å². The number of hydrogen-bond donors (Lipinski definition) is 2. The first kappa shape index (κ1) is 17.8. The molecule has 0 saturated carbocycles. The van der Waals surface area contributed by atoms with Gasteiger partial charge in [0.2, 0.25) is 5.88 Å². The van der Waals surface area contributed by atoms with Crippen LogP contribution in [0.25, 0.3) is 0 Å². The molecule has 1 aromatic carbocycles. The molecule has 24 heavy (non-hydrogen) atoms. The summed E-state index contributed by atoms with van der Waals surface area (Å²) in [6.07, 6.45) is 2.80. The minimum absolute atomic E-state index is 0.471. The number of nitrogens with zero attached hydrogens (tertiary/aromatic N) is 2. The van der Waals surface area contributed by atoms with E-state index < -0.39 is 0 Å². The number of hydrogen-bond acceptors (Lipinski definition) is 3. The van der Waals surface area contributed by atoms with Crippen LogP contribution in [0, 0.1) is 5.92 Å². The van der Waals surface area contributed by atoms with Gasteiger partial charge >= 0.3 is 0 Å². The average molecular weight is 326 g/mol. The van der Waals surface area contributed by atoms with Crippen molar-refractivity contribution in [3.8, 4) is 5.88 Å². The highest BCUT2D eigenvalue weighted by Crippen LogP contribution is 2.12. The molecule has 0 unspecified atom stereocenters. The van der Waals surface area contributed by atoms with Gasteiger partial charge in [0.25, 0.3) is 0 Å². The summed E-state index contributed by atoms with van der Waals surface area (Å²) in [4.78, 5) is 8.58. The molecule has 5 heteroatoms. The van der Waals surface area contributed by atoms with Crippen LogP contribution in [0.3, 0.4) is 0 Å². The lowest BCUT2D eigenvalue weighted by molar-refractivity contribution is 0.293. The topological polar surface area (TPSA) is 72.5 Å². The van der Waals surface area contributed by atoms with E-state index >= 15 is 0 Å². The van der Waals surface area contributed by atoms with Crippen LogP contribution in [0.4, 0.5) is 0 Å². The zero-order valence-electron chi connectivity index (χ0n) is 14.4. The van der Waals surface area contributed by atoms with Crippen LogP contribution in [0.2, 0.25) is 0 Å². The Morgan fingerprint density at radius 2 is 2.00 bits per heavy atom. The Bertz CT molecular complexity index is 641. The second-order valence-corrected chi connectivity index (χ2v) is 6.09. The third-order valence-corrected chi connectivity index (χ3v) is 3.49. The Morgan fingerprint density at radius 1 is 1.21 bits per heavy atom. The molecule has 0 spiro atoms. The first-order valence-electron chi connectivity index (χ1n) is 8.29. The van der Waals surface area contributed by atoms with Crippen molar-refractivity contribution in [1.29, 1.82) is 0 Å². The summed E-state index contributed by atoms with van der Waals surface area (Å²) in [5.41, 5.74) is 8.00. The molecule has 1 aromatic heterocycles. The molecule has 0 fully saturated rings. The van der Waals surface area contributed by atoms with Crippen molar-refractivity contribution in [3.63, 3.8) is 0 Å². The van der Waals surface area contributed by atoms with E-state index in [0.717, 1.165) is 24.1 Å². The molecule has 2 aromatic rings. The molecule has 5 nitrogen and oxygen atoms in total. The Kier molecular flexibility index (Phi) is 7.08. The van der Waals surface area contributed by atoms with Gasteiger partial charge in [0.15, 0.2) is 5.96 Å². The molecule has 0 amide bonds. The molecule has 0 aliphatic heterocycles. The van der Waals surface area contributed by atoms with Gasteiger partial charge in [-0.05, 0) is 29.5 Å². The largest absolute Gasteiger partial charge is 0.473 e. The number of nitrogens with one attached hydrogen (secondary N) is 1. The van der Waals surface area contributed by atoms with Crippen LogP contribution < -0.4 is 15.8 Å². The molecule has 3 N–H and O–H groups in total. The monoisotopic (exact) mass is 326 g/mol. The summed E-state index contributed by atoms with van der Waals surface area (Å²) in [6.45, 7) is 6.21. The number of ether oxygens (including phenoxy) is 1. The van der Waals surface area contributed by atoms with Crippen LogP contribution in [0.5, 0.6) is 5.88 Å². The summed E-state index contributed by atoms with van der Waals surface area (Å²) >= 11 is 0. The van der Waals surface area contributed by atoms with Gasteiger partial charge in [-0.15, -0.1) is 0 Å².